The van der Waals surface area contributed by atoms with Crippen LogP contribution in [0, 0.1) is 15.9 Å². The highest BCUT2D eigenvalue weighted by molar-refractivity contribution is 7.10. The Morgan fingerprint density at radius 1 is 1.21 bits per heavy atom. The number of hydrogen-bond acceptors (Lipinski definition) is 5. The molecule has 1 aromatic heterocycles. The third kappa shape index (κ3) is 3.59. The van der Waals surface area contributed by atoms with Gasteiger partial charge in [-0.15, -0.1) is 11.3 Å². The van der Waals surface area contributed by atoms with E-state index in [2.05, 4.69) is 5.32 Å². The first-order valence-electron chi connectivity index (χ1n) is 8.62. The SMILES string of the molecule is O=C1CN(C(=O)c2cccc([N+](=O)[O-])c2)C(c2cccs2)c2cc(F)ccc2N1. The summed E-state index contributed by atoms with van der Waals surface area (Å²) in [5, 5.41) is 15.6. The van der Waals surface area contributed by atoms with Gasteiger partial charge in [-0.3, -0.25) is 19.7 Å². The first kappa shape index (κ1) is 18.8. The van der Waals surface area contributed by atoms with E-state index in [9.17, 15) is 24.1 Å². The Morgan fingerprint density at radius 3 is 2.76 bits per heavy atom. The molecule has 146 valence electrons. The van der Waals surface area contributed by atoms with Gasteiger partial charge in [0.2, 0.25) is 5.91 Å². The molecule has 0 saturated carbocycles. The van der Waals surface area contributed by atoms with Crippen molar-refractivity contribution >= 4 is 34.5 Å². The molecule has 3 aromatic rings. The van der Waals surface area contributed by atoms with Crippen molar-refractivity contribution in [3.8, 4) is 0 Å². The number of fused-ring (bicyclic) bond motifs is 1. The first-order chi connectivity index (χ1) is 13.9. The molecular formula is C20H14FN3O4S. The Morgan fingerprint density at radius 2 is 2.03 bits per heavy atom. The largest absolute Gasteiger partial charge is 0.324 e. The van der Waals surface area contributed by atoms with Gasteiger partial charge in [0.15, 0.2) is 0 Å². The van der Waals surface area contributed by atoms with E-state index in [0.29, 0.717) is 11.3 Å². The number of halogens is 1. The summed E-state index contributed by atoms with van der Waals surface area (Å²) in [6.07, 6.45) is 0. The van der Waals surface area contributed by atoms with E-state index in [1.165, 1.54) is 58.7 Å². The fraction of sp³-hybridized carbons (Fsp3) is 0.100. The predicted octanol–water partition coefficient (Wildman–Crippen LogP) is 3.98. The minimum atomic E-state index is -0.716. The molecule has 1 aliphatic rings. The summed E-state index contributed by atoms with van der Waals surface area (Å²) in [6.45, 7) is -0.277. The molecule has 0 fully saturated rings. The molecule has 2 heterocycles. The van der Waals surface area contributed by atoms with Gasteiger partial charge in [0.1, 0.15) is 12.4 Å². The second-order valence-electron chi connectivity index (χ2n) is 6.44. The van der Waals surface area contributed by atoms with E-state index in [1.54, 1.807) is 12.1 Å². The number of thiophene rings is 1. The maximum Gasteiger partial charge on any atom is 0.270 e. The van der Waals surface area contributed by atoms with E-state index < -0.39 is 28.6 Å². The van der Waals surface area contributed by atoms with Crippen LogP contribution >= 0.6 is 11.3 Å². The number of nitro groups is 1. The van der Waals surface area contributed by atoms with E-state index in [1.807, 2.05) is 5.38 Å². The van der Waals surface area contributed by atoms with Crippen molar-refractivity contribution in [3.05, 3.63) is 91.9 Å². The van der Waals surface area contributed by atoms with Crippen LogP contribution in [0.3, 0.4) is 0 Å². The normalized spacial score (nSPS) is 16.0. The van der Waals surface area contributed by atoms with E-state index in [0.717, 1.165) is 4.88 Å². The quantitative estimate of drug-likeness (QED) is 0.521. The van der Waals surface area contributed by atoms with Gasteiger partial charge in [-0.2, -0.15) is 0 Å². The Balaban J connectivity index is 1.86. The Hall–Kier alpha value is -3.59. The predicted molar refractivity (Wildman–Crippen MR) is 105 cm³/mol. The van der Waals surface area contributed by atoms with E-state index in [-0.39, 0.29) is 17.8 Å². The van der Waals surface area contributed by atoms with Crippen LogP contribution in [0.4, 0.5) is 15.8 Å². The molecule has 0 saturated heterocycles. The van der Waals surface area contributed by atoms with E-state index >= 15 is 0 Å². The number of carbonyl (C=O) groups is 2. The van der Waals surface area contributed by atoms with Crippen molar-refractivity contribution < 1.29 is 18.9 Å². The molecule has 0 bridgehead atoms. The first-order valence-corrected chi connectivity index (χ1v) is 9.50. The van der Waals surface area contributed by atoms with Crippen molar-refractivity contribution in [1.82, 2.24) is 4.90 Å². The lowest BCUT2D eigenvalue weighted by Gasteiger charge is -2.29. The second-order valence-corrected chi connectivity index (χ2v) is 7.42. The number of hydrogen-bond donors (Lipinski definition) is 1. The summed E-state index contributed by atoms with van der Waals surface area (Å²) in [5.74, 6) is -1.49. The van der Waals surface area contributed by atoms with Crippen LogP contribution in [0.1, 0.15) is 26.8 Å². The van der Waals surface area contributed by atoms with Crippen LogP contribution in [-0.2, 0) is 4.79 Å². The van der Waals surface area contributed by atoms with Crippen molar-refractivity contribution in [2.75, 3.05) is 11.9 Å². The lowest BCUT2D eigenvalue weighted by Crippen LogP contribution is -2.38. The van der Waals surface area contributed by atoms with Gasteiger partial charge in [0.25, 0.3) is 11.6 Å². The van der Waals surface area contributed by atoms with Gasteiger partial charge in [0.05, 0.1) is 11.0 Å². The molecule has 1 N–H and O–H groups in total. The molecule has 0 spiro atoms. The number of rotatable bonds is 3. The molecule has 1 aliphatic heterocycles. The van der Waals surface area contributed by atoms with Crippen molar-refractivity contribution in [3.63, 3.8) is 0 Å². The number of amides is 2. The summed E-state index contributed by atoms with van der Waals surface area (Å²) in [5.41, 5.74) is 0.712. The topological polar surface area (TPSA) is 92.5 Å². The number of anilines is 1. The van der Waals surface area contributed by atoms with Crippen LogP contribution in [0.15, 0.2) is 60.0 Å². The smallest absolute Gasteiger partial charge is 0.270 e. The highest BCUT2D eigenvalue weighted by Gasteiger charge is 2.35. The van der Waals surface area contributed by atoms with Gasteiger partial charge in [-0.1, -0.05) is 12.1 Å². The molecule has 0 radical (unpaired) electrons. The van der Waals surface area contributed by atoms with Crippen LogP contribution in [-0.4, -0.2) is 28.2 Å². The molecule has 4 rings (SSSR count). The summed E-state index contributed by atoms with van der Waals surface area (Å²) in [7, 11) is 0. The highest BCUT2D eigenvalue weighted by atomic mass is 32.1. The number of nitrogens with zero attached hydrogens (tertiary/aromatic N) is 2. The highest BCUT2D eigenvalue weighted by Crippen LogP contribution is 2.38. The van der Waals surface area contributed by atoms with Crippen molar-refractivity contribution in [2.24, 2.45) is 0 Å². The zero-order valence-electron chi connectivity index (χ0n) is 14.9. The zero-order chi connectivity index (χ0) is 20.5. The van der Waals surface area contributed by atoms with Gasteiger partial charge in [-0.25, -0.2) is 4.39 Å². The summed E-state index contributed by atoms with van der Waals surface area (Å²) < 4.78 is 14.0. The molecular weight excluding hydrogens is 397 g/mol. The zero-order valence-corrected chi connectivity index (χ0v) is 15.7. The van der Waals surface area contributed by atoms with Crippen LogP contribution < -0.4 is 5.32 Å². The maximum atomic E-state index is 14.0. The second kappa shape index (κ2) is 7.44. The Bertz CT molecular complexity index is 1120. The molecule has 0 aliphatic carbocycles. The molecule has 9 heteroatoms. The molecule has 1 atom stereocenters. The van der Waals surface area contributed by atoms with E-state index in [4.69, 9.17) is 0 Å². The fourth-order valence-electron chi connectivity index (χ4n) is 3.34. The van der Waals surface area contributed by atoms with Crippen LogP contribution in [0.25, 0.3) is 0 Å². The minimum absolute atomic E-state index is 0.0772. The molecule has 29 heavy (non-hydrogen) atoms. The number of nitro benzene ring substituents is 1. The molecule has 1 unspecified atom stereocenters. The van der Waals surface area contributed by atoms with Crippen molar-refractivity contribution in [2.45, 2.75) is 6.04 Å². The minimum Gasteiger partial charge on any atom is -0.324 e. The fourth-order valence-corrected chi connectivity index (χ4v) is 4.19. The van der Waals surface area contributed by atoms with Crippen LogP contribution in [0.5, 0.6) is 0 Å². The monoisotopic (exact) mass is 411 g/mol. The van der Waals surface area contributed by atoms with Gasteiger partial charge in [-0.05, 0) is 35.7 Å². The average molecular weight is 411 g/mol. The lowest BCUT2D eigenvalue weighted by atomic mass is 10.0. The van der Waals surface area contributed by atoms with Crippen molar-refractivity contribution in [1.29, 1.82) is 0 Å². The molecule has 2 aromatic carbocycles. The Kier molecular flexibility index (Phi) is 4.81. The lowest BCUT2D eigenvalue weighted by molar-refractivity contribution is -0.384. The number of benzene rings is 2. The average Bonchev–Trinajstić information content (AvgIpc) is 3.18. The number of non-ortho nitro benzene ring substituents is 1. The third-order valence-corrected chi connectivity index (χ3v) is 5.51. The van der Waals surface area contributed by atoms with Gasteiger partial charge < -0.3 is 10.2 Å². The summed E-state index contributed by atoms with van der Waals surface area (Å²) >= 11 is 1.37. The Labute approximate surface area is 168 Å². The number of nitrogens with one attached hydrogen (secondary N) is 1. The third-order valence-electron chi connectivity index (χ3n) is 4.59. The summed E-state index contributed by atoms with van der Waals surface area (Å²) in [6, 6.07) is 12.2. The van der Waals surface area contributed by atoms with Crippen LogP contribution in [0.2, 0.25) is 0 Å². The maximum absolute atomic E-state index is 14.0. The molecule has 7 nitrogen and oxygen atoms in total. The molecule has 2 amide bonds. The van der Waals surface area contributed by atoms with Gasteiger partial charge >= 0.3 is 0 Å². The number of carbonyl (C=O) groups excluding carboxylic acids is 2. The van der Waals surface area contributed by atoms with Gasteiger partial charge in [0, 0.05) is 33.8 Å². The summed E-state index contributed by atoms with van der Waals surface area (Å²) in [4.78, 5) is 38.3. The standard InChI is InChI=1S/C20H14FN3O4S/c21-13-6-7-16-15(10-13)19(17-5-2-8-29-17)23(11-18(25)22-16)20(26)12-3-1-4-14(9-12)24(27)28/h1-10,19H,11H2,(H,22,25).